The maximum absolute atomic E-state index is 5.37. The first-order valence-electron chi connectivity index (χ1n) is 9.01. The third kappa shape index (κ3) is 6.18. The summed E-state index contributed by atoms with van der Waals surface area (Å²) in [6, 6.07) is 12.1. The Balaban J connectivity index is 1.43. The van der Waals surface area contributed by atoms with Gasteiger partial charge in [0, 0.05) is 26.1 Å². The average Bonchev–Trinajstić information content (AvgIpc) is 3.33. The van der Waals surface area contributed by atoms with Gasteiger partial charge in [0.2, 0.25) is 0 Å². The smallest absolute Gasteiger partial charge is 0.191 e. The molecule has 0 amide bonds. The van der Waals surface area contributed by atoms with Crippen molar-refractivity contribution in [1.29, 1.82) is 0 Å². The molecule has 1 saturated carbocycles. The second kappa shape index (κ2) is 9.16. The van der Waals surface area contributed by atoms with Crippen LogP contribution in [-0.4, -0.2) is 32.7 Å². The zero-order valence-corrected chi connectivity index (χ0v) is 14.8. The molecule has 0 radical (unpaired) electrons. The van der Waals surface area contributed by atoms with Gasteiger partial charge in [-0.15, -0.1) is 0 Å². The van der Waals surface area contributed by atoms with E-state index in [1.165, 1.54) is 18.4 Å². The molecule has 25 heavy (non-hydrogen) atoms. The maximum Gasteiger partial charge on any atom is 0.191 e. The average molecular weight is 341 g/mol. The van der Waals surface area contributed by atoms with E-state index in [9.17, 15) is 0 Å². The Labute approximate surface area is 149 Å². The summed E-state index contributed by atoms with van der Waals surface area (Å²) in [6.07, 6.45) is 6.15. The molecule has 2 N–H and O–H groups in total. The Morgan fingerprint density at radius 2 is 1.88 bits per heavy atom. The van der Waals surface area contributed by atoms with Crippen molar-refractivity contribution in [3.05, 3.63) is 54.0 Å². The minimum Gasteiger partial charge on any atom is -0.497 e. The molecule has 134 valence electrons. The van der Waals surface area contributed by atoms with Gasteiger partial charge in [-0.05, 0) is 55.0 Å². The van der Waals surface area contributed by atoms with Crippen LogP contribution in [0, 0.1) is 5.92 Å². The molecule has 0 spiro atoms. The quantitative estimate of drug-likeness (QED) is 0.544. The molecule has 5 heteroatoms. The van der Waals surface area contributed by atoms with Gasteiger partial charge in [-0.1, -0.05) is 12.1 Å². The van der Waals surface area contributed by atoms with E-state index in [1.807, 2.05) is 24.3 Å². The van der Waals surface area contributed by atoms with Crippen molar-refractivity contribution in [1.82, 2.24) is 10.6 Å². The number of ether oxygens (including phenoxy) is 1. The van der Waals surface area contributed by atoms with Crippen molar-refractivity contribution in [3.63, 3.8) is 0 Å². The van der Waals surface area contributed by atoms with Crippen LogP contribution >= 0.6 is 0 Å². The normalized spacial score (nSPS) is 14.4. The number of nitrogens with zero attached hydrogens (tertiary/aromatic N) is 1. The standard InChI is InChI=1S/C20H27N3O2/c1-24-18-8-6-16(7-9-18)10-12-21-20(23-15-17-4-5-17)22-13-11-19-3-2-14-25-19/h2-3,6-9,14,17H,4-5,10-13,15H2,1H3,(H2,21,22,23). The zero-order valence-electron chi connectivity index (χ0n) is 14.8. The van der Waals surface area contributed by atoms with Crippen LogP contribution in [0.3, 0.4) is 0 Å². The van der Waals surface area contributed by atoms with Crippen LogP contribution in [-0.2, 0) is 12.8 Å². The van der Waals surface area contributed by atoms with Gasteiger partial charge in [0.1, 0.15) is 11.5 Å². The molecule has 3 rings (SSSR count). The maximum atomic E-state index is 5.37. The lowest BCUT2D eigenvalue weighted by atomic mass is 10.1. The van der Waals surface area contributed by atoms with E-state index in [1.54, 1.807) is 13.4 Å². The fraction of sp³-hybridized carbons (Fsp3) is 0.450. The number of nitrogens with one attached hydrogen (secondary N) is 2. The van der Waals surface area contributed by atoms with Crippen molar-refractivity contribution in [3.8, 4) is 5.75 Å². The molecule has 0 unspecified atom stereocenters. The van der Waals surface area contributed by atoms with Gasteiger partial charge in [0.15, 0.2) is 5.96 Å². The number of hydrogen-bond acceptors (Lipinski definition) is 3. The van der Waals surface area contributed by atoms with Gasteiger partial charge >= 0.3 is 0 Å². The third-order valence-electron chi connectivity index (χ3n) is 4.31. The predicted molar refractivity (Wildman–Crippen MR) is 100 cm³/mol. The van der Waals surface area contributed by atoms with Gasteiger partial charge in [-0.2, -0.15) is 0 Å². The van der Waals surface area contributed by atoms with Crippen molar-refractivity contribution < 1.29 is 9.15 Å². The van der Waals surface area contributed by atoms with Crippen molar-refractivity contribution in [2.45, 2.75) is 25.7 Å². The summed E-state index contributed by atoms with van der Waals surface area (Å²) in [5.41, 5.74) is 1.28. The van der Waals surface area contributed by atoms with Crippen LogP contribution in [0.2, 0.25) is 0 Å². The number of aliphatic imine (C=N–C) groups is 1. The lowest BCUT2D eigenvalue weighted by Gasteiger charge is -2.12. The van der Waals surface area contributed by atoms with Crippen LogP contribution in [0.5, 0.6) is 5.75 Å². The molecule has 0 aliphatic heterocycles. The van der Waals surface area contributed by atoms with Gasteiger partial charge in [-0.25, -0.2) is 0 Å². The van der Waals surface area contributed by atoms with E-state index in [4.69, 9.17) is 14.1 Å². The molecule has 0 atom stereocenters. The molecule has 1 aromatic heterocycles. The minimum absolute atomic E-state index is 0.783. The number of benzene rings is 1. The van der Waals surface area contributed by atoms with E-state index in [0.717, 1.165) is 55.9 Å². The van der Waals surface area contributed by atoms with Gasteiger partial charge in [0.05, 0.1) is 13.4 Å². The van der Waals surface area contributed by atoms with E-state index >= 15 is 0 Å². The molecule has 2 aromatic rings. The summed E-state index contributed by atoms with van der Waals surface area (Å²) >= 11 is 0. The highest BCUT2D eigenvalue weighted by molar-refractivity contribution is 5.79. The zero-order chi connectivity index (χ0) is 17.3. The van der Waals surface area contributed by atoms with E-state index < -0.39 is 0 Å². The number of guanidine groups is 1. The van der Waals surface area contributed by atoms with E-state index in [0.29, 0.717) is 0 Å². The van der Waals surface area contributed by atoms with Crippen LogP contribution in [0.15, 0.2) is 52.1 Å². The molecule has 1 fully saturated rings. The molecular formula is C20H27N3O2. The monoisotopic (exact) mass is 341 g/mol. The SMILES string of the molecule is COc1ccc(CCNC(=NCC2CC2)NCCc2ccco2)cc1. The molecule has 1 aromatic carbocycles. The Hall–Kier alpha value is -2.43. The topological polar surface area (TPSA) is 58.8 Å². The molecule has 1 aliphatic carbocycles. The van der Waals surface area contributed by atoms with Gasteiger partial charge in [-0.3, -0.25) is 4.99 Å². The highest BCUT2D eigenvalue weighted by Crippen LogP contribution is 2.28. The third-order valence-corrected chi connectivity index (χ3v) is 4.31. The summed E-state index contributed by atoms with van der Waals surface area (Å²) in [4.78, 5) is 4.71. The first-order chi connectivity index (χ1) is 12.3. The Morgan fingerprint density at radius 1 is 1.12 bits per heavy atom. The fourth-order valence-electron chi connectivity index (χ4n) is 2.57. The lowest BCUT2D eigenvalue weighted by Crippen LogP contribution is -2.39. The fourth-order valence-corrected chi connectivity index (χ4v) is 2.57. The number of methoxy groups -OCH3 is 1. The summed E-state index contributed by atoms with van der Waals surface area (Å²) in [5.74, 6) is 3.56. The van der Waals surface area contributed by atoms with Crippen LogP contribution in [0.1, 0.15) is 24.2 Å². The molecule has 5 nitrogen and oxygen atoms in total. The van der Waals surface area contributed by atoms with Crippen LogP contribution < -0.4 is 15.4 Å². The van der Waals surface area contributed by atoms with Crippen molar-refractivity contribution in [2.24, 2.45) is 10.9 Å². The summed E-state index contributed by atoms with van der Waals surface area (Å²) in [7, 11) is 1.69. The summed E-state index contributed by atoms with van der Waals surface area (Å²) in [6.45, 7) is 2.58. The van der Waals surface area contributed by atoms with E-state index in [-0.39, 0.29) is 0 Å². The Kier molecular flexibility index (Phi) is 6.37. The Bertz CT molecular complexity index is 646. The van der Waals surface area contributed by atoms with Crippen LogP contribution in [0.25, 0.3) is 0 Å². The largest absolute Gasteiger partial charge is 0.497 e. The molecular weight excluding hydrogens is 314 g/mol. The first kappa shape index (κ1) is 17.4. The van der Waals surface area contributed by atoms with Crippen molar-refractivity contribution >= 4 is 5.96 Å². The second-order valence-electron chi connectivity index (χ2n) is 6.41. The lowest BCUT2D eigenvalue weighted by molar-refractivity contribution is 0.414. The van der Waals surface area contributed by atoms with E-state index in [2.05, 4.69) is 22.8 Å². The number of furan rings is 1. The van der Waals surface area contributed by atoms with Gasteiger partial charge in [0.25, 0.3) is 0 Å². The molecule has 0 bridgehead atoms. The number of hydrogen-bond donors (Lipinski definition) is 2. The molecule has 1 heterocycles. The first-order valence-corrected chi connectivity index (χ1v) is 9.01. The minimum atomic E-state index is 0.783. The second-order valence-corrected chi connectivity index (χ2v) is 6.41. The molecule has 1 aliphatic rings. The highest BCUT2D eigenvalue weighted by atomic mass is 16.5. The Morgan fingerprint density at radius 3 is 2.52 bits per heavy atom. The predicted octanol–water partition coefficient (Wildman–Crippen LogP) is 3.02. The molecule has 0 saturated heterocycles. The number of rotatable bonds is 9. The highest BCUT2D eigenvalue weighted by Gasteiger charge is 2.20. The summed E-state index contributed by atoms with van der Waals surface area (Å²) in [5, 5.41) is 6.84. The summed E-state index contributed by atoms with van der Waals surface area (Å²) < 4.78 is 10.6. The van der Waals surface area contributed by atoms with Crippen LogP contribution in [0.4, 0.5) is 0 Å². The van der Waals surface area contributed by atoms with Crippen molar-refractivity contribution in [2.75, 3.05) is 26.7 Å². The van der Waals surface area contributed by atoms with Gasteiger partial charge < -0.3 is 19.8 Å².